The molecule has 0 unspecified atom stereocenters. The van der Waals surface area contributed by atoms with Crippen LogP contribution in [0.3, 0.4) is 0 Å². The van der Waals surface area contributed by atoms with Gasteiger partial charge in [0.2, 0.25) is 5.95 Å². The molecule has 2 heterocycles. The Morgan fingerprint density at radius 1 is 1.00 bits per heavy atom. The average molecular weight is 423 g/mol. The minimum Gasteiger partial charge on any atom is -0.496 e. The van der Waals surface area contributed by atoms with Gasteiger partial charge in [-0.2, -0.15) is 5.10 Å². The third-order valence-corrected chi connectivity index (χ3v) is 5.60. The number of nitrogens with zero attached hydrogens (tertiary/aromatic N) is 5. The van der Waals surface area contributed by atoms with Gasteiger partial charge >= 0.3 is 0 Å². The molecular formula is C21H22N6O2S. The van der Waals surface area contributed by atoms with Gasteiger partial charge in [0.25, 0.3) is 0 Å². The molecule has 0 saturated carbocycles. The van der Waals surface area contributed by atoms with E-state index in [-0.39, 0.29) is 0 Å². The number of aromatic nitrogens is 4. The molecule has 0 amide bonds. The zero-order valence-corrected chi connectivity index (χ0v) is 17.6. The van der Waals surface area contributed by atoms with E-state index in [2.05, 4.69) is 16.3 Å². The van der Waals surface area contributed by atoms with Gasteiger partial charge in [-0.25, -0.2) is 9.97 Å². The number of anilines is 1. The summed E-state index contributed by atoms with van der Waals surface area (Å²) in [5.41, 5.74) is 8.18. The van der Waals surface area contributed by atoms with Gasteiger partial charge in [0.15, 0.2) is 0 Å². The third-order valence-electron chi connectivity index (χ3n) is 4.58. The van der Waals surface area contributed by atoms with Gasteiger partial charge in [-0.05, 0) is 24.3 Å². The maximum absolute atomic E-state index is 5.86. The molecule has 0 aliphatic heterocycles. The van der Waals surface area contributed by atoms with E-state index in [0.29, 0.717) is 42.8 Å². The zero-order valence-electron chi connectivity index (χ0n) is 16.8. The van der Waals surface area contributed by atoms with Crippen molar-refractivity contribution in [2.75, 3.05) is 32.2 Å². The topological polar surface area (TPSA) is 99.3 Å². The number of para-hydroxylation sites is 1. The number of hydrogen-bond donors (Lipinski definition) is 1. The lowest BCUT2D eigenvalue weighted by atomic mass is 10.1. The van der Waals surface area contributed by atoms with Crippen LogP contribution >= 0.6 is 11.3 Å². The molecular weight excluding hydrogens is 400 g/mol. The predicted octanol–water partition coefficient (Wildman–Crippen LogP) is 3.13. The van der Waals surface area contributed by atoms with Crippen molar-refractivity contribution in [1.29, 1.82) is 0 Å². The van der Waals surface area contributed by atoms with Crippen LogP contribution in [0.25, 0.3) is 21.5 Å². The van der Waals surface area contributed by atoms with Crippen LogP contribution in [0.15, 0.2) is 48.7 Å². The van der Waals surface area contributed by atoms with Gasteiger partial charge < -0.3 is 20.1 Å². The lowest BCUT2D eigenvalue weighted by molar-refractivity contribution is 0.397. The number of methoxy groups -OCH3 is 2. The van der Waals surface area contributed by atoms with Gasteiger partial charge in [0.05, 0.1) is 42.7 Å². The Bertz CT molecular complexity index is 1090. The van der Waals surface area contributed by atoms with Crippen LogP contribution in [0.2, 0.25) is 0 Å². The molecule has 0 fully saturated rings. The Balaban J connectivity index is 1.70. The molecule has 2 aromatic carbocycles. The molecule has 154 valence electrons. The Kier molecular flexibility index (Phi) is 6.01. The molecule has 30 heavy (non-hydrogen) atoms. The normalized spacial score (nSPS) is 10.9. The molecule has 0 aliphatic carbocycles. The molecule has 2 aromatic heterocycles. The van der Waals surface area contributed by atoms with Crippen molar-refractivity contribution in [3.8, 4) is 22.8 Å². The molecule has 0 aliphatic rings. The summed E-state index contributed by atoms with van der Waals surface area (Å²) >= 11 is 1.65. The van der Waals surface area contributed by atoms with Crippen molar-refractivity contribution in [3.63, 3.8) is 0 Å². The van der Waals surface area contributed by atoms with Crippen LogP contribution in [0.1, 0.15) is 5.01 Å². The number of thiazole rings is 1. The Hall–Kier alpha value is -3.30. The van der Waals surface area contributed by atoms with E-state index in [0.717, 1.165) is 20.8 Å². The van der Waals surface area contributed by atoms with E-state index < -0.39 is 0 Å². The van der Waals surface area contributed by atoms with Crippen LogP contribution in [0, 0.1) is 0 Å². The molecule has 0 radical (unpaired) electrons. The molecule has 0 bridgehead atoms. The summed E-state index contributed by atoms with van der Waals surface area (Å²) < 4.78 is 12.2. The highest BCUT2D eigenvalue weighted by Gasteiger charge is 2.18. The van der Waals surface area contributed by atoms with Crippen molar-refractivity contribution in [2.24, 2.45) is 5.73 Å². The summed E-state index contributed by atoms with van der Waals surface area (Å²) in [6.45, 7) is 1.57. The number of rotatable bonds is 8. The van der Waals surface area contributed by atoms with Gasteiger partial charge in [-0.3, -0.25) is 0 Å². The zero-order chi connectivity index (χ0) is 20.9. The summed E-state index contributed by atoms with van der Waals surface area (Å²) in [6, 6.07) is 13.7. The van der Waals surface area contributed by atoms with E-state index in [4.69, 9.17) is 25.2 Å². The van der Waals surface area contributed by atoms with E-state index in [1.165, 1.54) is 0 Å². The summed E-state index contributed by atoms with van der Waals surface area (Å²) in [4.78, 5) is 11.4. The van der Waals surface area contributed by atoms with E-state index in [1.54, 1.807) is 31.8 Å². The summed E-state index contributed by atoms with van der Waals surface area (Å²) in [7, 11) is 3.23. The first-order valence-electron chi connectivity index (χ1n) is 9.44. The fourth-order valence-corrected chi connectivity index (χ4v) is 4.19. The van der Waals surface area contributed by atoms with Crippen molar-refractivity contribution in [3.05, 3.63) is 53.7 Å². The average Bonchev–Trinajstić information content (AvgIpc) is 3.20. The third kappa shape index (κ3) is 4.03. The van der Waals surface area contributed by atoms with Gasteiger partial charge in [0, 0.05) is 13.1 Å². The molecule has 2 N–H and O–H groups in total. The highest BCUT2D eigenvalue weighted by Crippen LogP contribution is 2.37. The molecule has 0 saturated heterocycles. The fraction of sp³-hybridized carbons (Fsp3) is 0.238. The Morgan fingerprint density at radius 3 is 2.47 bits per heavy atom. The number of benzene rings is 2. The quantitative estimate of drug-likeness (QED) is 0.462. The van der Waals surface area contributed by atoms with Gasteiger partial charge in [-0.15, -0.1) is 16.4 Å². The second kappa shape index (κ2) is 9.02. The maximum atomic E-state index is 5.86. The summed E-state index contributed by atoms with van der Waals surface area (Å²) in [6.07, 6.45) is 1.60. The highest BCUT2D eigenvalue weighted by molar-refractivity contribution is 7.18. The second-order valence-corrected chi connectivity index (χ2v) is 7.58. The smallest absolute Gasteiger partial charge is 0.246 e. The molecule has 0 atom stereocenters. The van der Waals surface area contributed by atoms with Crippen molar-refractivity contribution < 1.29 is 9.47 Å². The van der Waals surface area contributed by atoms with Crippen molar-refractivity contribution in [2.45, 2.75) is 6.54 Å². The first kappa shape index (κ1) is 20.0. The highest BCUT2D eigenvalue weighted by atomic mass is 32.1. The summed E-state index contributed by atoms with van der Waals surface area (Å²) in [5, 5.41) is 9.39. The minimum absolute atomic E-state index is 0.455. The monoisotopic (exact) mass is 422 g/mol. The molecule has 4 rings (SSSR count). The number of fused-ring (bicyclic) bond motifs is 1. The van der Waals surface area contributed by atoms with Gasteiger partial charge in [-0.1, -0.05) is 18.2 Å². The molecule has 4 aromatic rings. The Morgan fingerprint density at radius 2 is 1.77 bits per heavy atom. The molecule has 0 spiro atoms. The van der Waals surface area contributed by atoms with Gasteiger partial charge in [0.1, 0.15) is 22.2 Å². The van der Waals surface area contributed by atoms with E-state index >= 15 is 0 Å². The molecule has 9 heteroatoms. The van der Waals surface area contributed by atoms with Crippen LogP contribution in [0.4, 0.5) is 5.95 Å². The first-order valence-corrected chi connectivity index (χ1v) is 10.3. The standard InChI is InChI=1S/C21H22N6O2S/c1-28-16-7-5-8-17(29-2)20(16)15-12-23-26-21(25-15)27(11-10-22)13-19-24-14-6-3-4-9-18(14)30-19/h3-9,12H,10-11,13,22H2,1-2H3. The fourth-order valence-electron chi connectivity index (χ4n) is 3.21. The van der Waals surface area contributed by atoms with E-state index in [9.17, 15) is 0 Å². The first-order chi connectivity index (χ1) is 14.7. The maximum Gasteiger partial charge on any atom is 0.246 e. The SMILES string of the molecule is COc1cccc(OC)c1-c1cnnc(N(CCN)Cc2nc3ccccc3s2)n1. The van der Waals surface area contributed by atoms with Crippen LogP contribution in [0.5, 0.6) is 11.5 Å². The predicted molar refractivity (Wildman–Crippen MR) is 118 cm³/mol. The summed E-state index contributed by atoms with van der Waals surface area (Å²) in [5.74, 6) is 1.78. The number of ether oxygens (including phenoxy) is 2. The van der Waals surface area contributed by atoms with Crippen molar-refractivity contribution >= 4 is 27.5 Å². The second-order valence-electron chi connectivity index (χ2n) is 6.46. The largest absolute Gasteiger partial charge is 0.496 e. The number of hydrogen-bond acceptors (Lipinski definition) is 9. The minimum atomic E-state index is 0.455. The lowest BCUT2D eigenvalue weighted by Gasteiger charge is -2.21. The number of nitrogens with two attached hydrogens (primary N) is 1. The van der Waals surface area contributed by atoms with Crippen LogP contribution < -0.4 is 20.1 Å². The van der Waals surface area contributed by atoms with Crippen LogP contribution in [-0.2, 0) is 6.54 Å². The molecule has 8 nitrogen and oxygen atoms in total. The Labute approximate surface area is 178 Å². The lowest BCUT2D eigenvalue weighted by Crippen LogP contribution is -2.30. The van der Waals surface area contributed by atoms with E-state index in [1.807, 2.05) is 41.3 Å². The van der Waals surface area contributed by atoms with Crippen LogP contribution in [-0.4, -0.2) is 47.5 Å². The van der Waals surface area contributed by atoms with Crippen molar-refractivity contribution in [1.82, 2.24) is 20.2 Å².